The van der Waals surface area contributed by atoms with Crippen LogP contribution in [0.5, 0.6) is 0 Å². The van der Waals surface area contributed by atoms with E-state index in [2.05, 4.69) is 134 Å². The molecule has 4 aromatic heterocycles. The van der Waals surface area contributed by atoms with Gasteiger partial charge in [0.05, 0.1) is 11.0 Å². The highest BCUT2D eigenvalue weighted by atomic mass is 16.3. The van der Waals surface area contributed by atoms with Crippen LogP contribution < -0.4 is 0 Å². The highest BCUT2D eigenvalue weighted by molar-refractivity contribution is 6.14. The molecule has 0 spiro atoms. The van der Waals surface area contributed by atoms with Crippen LogP contribution in [0.15, 0.2) is 205 Å². The number of fused-ring (bicyclic) bond motifs is 10. The summed E-state index contributed by atoms with van der Waals surface area (Å²) >= 11 is 0. The fourth-order valence-electron chi connectivity index (χ4n) is 10.4. The molecule has 8 aromatic carbocycles. The Morgan fingerprint density at radius 3 is 1.89 bits per heavy atom. The predicted octanol–water partition coefficient (Wildman–Crippen LogP) is 14.9. The molecule has 6 heteroatoms. The second-order valence-electron chi connectivity index (χ2n) is 17.4. The van der Waals surface area contributed by atoms with Gasteiger partial charge in [-0.3, -0.25) is 4.98 Å². The van der Waals surface area contributed by atoms with Crippen molar-refractivity contribution in [2.75, 3.05) is 0 Å². The summed E-state index contributed by atoms with van der Waals surface area (Å²) in [5, 5.41) is 4.65. The highest BCUT2D eigenvalue weighted by Gasteiger charge is 2.38. The Morgan fingerprint density at radius 1 is 0.431 bits per heavy atom. The minimum absolute atomic E-state index is 0.186. The van der Waals surface area contributed by atoms with Crippen LogP contribution in [0, 0.1) is 0 Å². The summed E-state index contributed by atoms with van der Waals surface area (Å²) in [6.07, 6.45) is 3.85. The third-order valence-electron chi connectivity index (χ3n) is 13.4. The van der Waals surface area contributed by atoms with E-state index in [-0.39, 0.29) is 5.41 Å². The Bertz CT molecular complexity index is 3810. The van der Waals surface area contributed by atoms with Crippen LogP contribution in [0.3, 0.4) is 0 Å². The zero-order chi connectivity index (χ0) is 43.2. The quantitative estimate of drug-likeness (QED) is 0.167. The van der Waals surface area contributed by atoms with Crippen LogP contribution >= 0.6 is 0 Å². The average molecular weight is 834 g/mol. The number of pyridine rings is 1. The molecule has 0 amide bonds. The van der Waals surface area contributed by atoms with E-state index >= 15 is 0 Å². The average Bonchev–Trinajstić information content (AvgIpc) is 3.99. The zero-order valence-corrected chi connectivity index (χ0v) is 35.7. The number of aromatic nitrogens is 5. The van der Waals surface area contributed by atoms with Crippen molar-refractivity contribution in [1.29, 1.82) is 0 Å². The molecule has 0 bridgehead atoms. The molecular formula is C59H39N5O. The number of nitrogens with zero attached hydrogens (tertiary/aromatic N) is 5. The summed E-state index contributed by atoms with van der Waals surface area (Å²) in [7, 11) is 0. The van der Waals surface area contributed by atoms with E-state index < -0.39 is 0 Å². The van der Waals surface area contributed by atoms with Gasteiger partial charge in [-0.15, -0.1) is 0 Å². The first-order chi connectivity index (χ1) is 32.0. The fraction of sp³-hybridized carbons (Fsp3) is 0.0508. The van der Waals surface area contributed by atoms with E-state index in [0.29, 0.717) is 17.5 Å². The Balaban J connectivity index is 1.09. The maximum atomic E-state index is 6.28. The van der Waals surface area contributed by atoms with E-state index in [9.17, 15) is 0 Å². The number of furan rings is 1. The SMILES string of the molecule is CC1(C)c2ccccc2-c2ccc3c(c21)c1ccccc1n3-c1ccc(-c2nc(-c3ccccc3)nc(-c3ccccc3)n2)c(-c2ccncc2-c2ccc3oc4ccccc4c3c2)c1. The highest BCUT2D eigenvalue weighted by Crippen LogP contribution is 2.53. The number of rotatable bonds is 6. The molecule has 0 unspecified atom stereocenters. The Kier molecular flexibility index (Phi) is 8.15. The van der Waals surface area contributed by atoms with Crippen LogP contribution in [0.2, 0.25) is 0 Å². The lowest BCUT2D eigenvalue weighted by Crippen LogP contribution is -2.15. The normalized spacial score (nSPS) is 12.9. The summed E-state index contributed by atoms with van der Waals surface area (Å²) in [6, 6.07) is 66.1. The lowest BCUT2D eigenvalue weighted by molar-refractivity contribution is 0.666. The van der Waals surface area contributed by atoms with Gasteiger partial charge in [0.2, 0.25) is 0 Å². The van der Waals surface area contributed by atoms with Gasteiger partial charge in [0.15, 0.2) is 17.5 Å². The standard InChI is InChI=1S/C59H39N5O/c1-59(2)49-22-12-9-19-41(49)43-28-29-51-54(55(43)59)45-21-10-13-23-50(45)64(51)39-26-27-44(58-62-56(36-15-5-3-6-16-36)61-57(63-58)37-17-7-4-8-18-37)46(34-39)40-31-32-60-35-48(40)38-25-30-53-47(33-38)42-20-11-14-24-52(42)65-53/h3-35H,1-2H3. The van der Waals surface area contributed by atoms with Crippen molar-refractivity contribution in [1.82, 2.24) is 24.5 Å². The van der Waals surface area contributed by atoms with Gasteiger partial charge in [-0.2, -0.15) is 0 Å². The van der Waals surface area contributed by atoms with Gasteiger partial charge in [-0.25, -0.2) is 15.0 Å². The first-order valence-electron chi connectivity index (χ1n) is 22.0. The van der Waals surface area contributed by atoms with E-state index in [4.69, 9.17) is 24.4 Å². The second-order valence-corrected chi connectivity index (χ2v) is 17.4. The number of hydrogen-bond acceptors (Lipinski definition) is 5. The molecule has 6 nitrogen and oxygen atoms in total. The topological polar surface area (TPSA) is 69.6 Å². The van der Waals surface area contributed by atoms with Crippen molar-refractivity contribution in [3.8, 4) is 73.2 Å². The van der Waals surface area contributed by atoms with Crippen molar-refractivity contribution in [2.24, 2.45) is 0 Å². The van der Waals surface area contributed by atoms with E-state index in [1.165, 1.54) is 33.0 Å². The lowest BCUT2D eigenvalue weighted by atomic mass is 9.80. The van der Waals surface area contributed by atoms with Gasteiger partial charge in [0.25, 0.3) is 0 Å². The van der Waals surface area contributed by atoms with Crippen molar-refractivity contribution in [2.45, 2.75) is 19.3 Å². The van der Waals surface area contributed by atoms with E-state index in [1.807, 2.05) is 85.2 Å². The van der Waals surface area contributed by atoms with Crippen LogP contribution in [-0.2, 0) is 5.41 Å². The minimum atomic E-state index is -0.186. The summed E-state index contributed by atoms with van der Waals surface area (Å²) in [6.45, 7) is 4.74. The van der Waals surface area contributed by atoms with Gasteiger partial charge in [0.1, 0.15) is 11.2 Å². The summed E-state index contributed by atoms with van der Waals surface area (Å²) < 4.78 is 8.71. The molecule has 4 heterocycles. The Morgan fingerprint density at radius 2 is 1.09 bits per heavy atom. The smallest absolute Gasteiger partial charge is 0.164 e. The molecule has 0 fully saturated rings. The molecular weight excluding hydrogens is 795 g/mol. The molecule has 0 radical (unpaired) electrons. The van der Waals surface area contributed by atoms with Gasteiger partial charge in [-0.1, -0.05) is 147 Å². The van der Waals surface area contributed by atoms with Crippen LogP contribution in [0.4, 0.5) is 0 Å². The molecule has 0 atom stereocenters. The van der Waals surface area contributed by atoms with Crippen molar-refractivity contribution < 1.29 is 4.42 Å². The van der Waals surface area contributed by atoms with Gasteiger partial charge < -0.3 is 8.98 Å². The Hall–Kier alpha value is -8.48. The molecule has 13 rings (SSSR count). The van der Waals surface area contributed by atoms with Gasteiger partial charge in [0, 0.05) is 67.3 Å². The maximum absolute atomic E-state index is 6.28. The first kappa shape index (κ1) is 37.1. The lowest BCUT2D eigenvalue weighted by Gasteiger charge is -2.22. The summed E-state index contributed by atoms with van der Waals surface area (Å²) in [4.78, 5) is 20.3. The molecule has 306 valence electrons. The number of benzene rings is 8. The third kappa shape index (κ3) is 5.74. The maximum Gasteiger partial charge on any atom is 0.164 e. The minimum Gasteiger partial charge on any atom is -0.456 e. The van der Waals surface area contributed by atoms with Crippen molar-refractivity contribution in [3.63, 3.8) is 0 Å². The molecule has 0 saturated heterocycles. The molecule has 12 aromatic rings. The largest absolute Gasteiger partial charge is 0.456 e. The van der Waals surface area contributed by atoms with E-state index in [1.54, 1.807) is 0 Å². The zero-order valence-electron chi connectivity index (χ0n) is 35.7. The first-order valence-corrected chi connectivity index (χ1v) is 22.0. The molecule has 0 aliphatic heterocycles. The molecule has 1 aliphatic carbocycles. The monoisotopic (exact) mass is 833 g/mol. The molecule has 1 aliphatic rings. The van der Waals surface area contributed by atoms with Crippen LogP contribution in [-0.4, -0.2) is 24.5 Å². The van der Waals surface area contributed by atoms with Crippen molar-refractivity contribution in [3.05, 3.63) is 212 Å². The molecule has 0 saturated carbocycles. The molecule has 65 heavy (non-hydrogen) atoms. The van der Waals surface area contributed by atoms with Gasteiger partial charge in [-0.05, 0) is 93.5 Å². The van der Waals surface area contributed by atoms with Crippen LogP contribution in [0.1, 0.15) is 25.0 Å². The summed E-state index contributed by atoms with van der Waals surface area (Å²) in [5.74, 6) is 1.80. The fourth-order valence-corrected chi connectivity index (χ4v) is 10.4. The van der Waals surface area contributed by atoms with Crippen molar-refractivity contribution >= 4 is 43.7 Å². The van der Waals surface area contributed by atoms with E-state index in [0.717, 1.165) is 77.6 Å². The number of hydrogen-bond donors (Lipinski definition) is 0. The third-order valence-corrected chi connectivity index (χ3v) is 13.4. The summed E-state index contributed by atoms with van der Waals surface area (Å²) in [5.41, 5.74) is 16.9. The molecule has 0 N–H and O–H groups in total. The number of para-hydroxylation sites is 2. The Labute approximate surface area is 375 Å². The predicted molar refractivity (Wildman–Crippen MR) is 264 cm³/mol. The van der Waals surface area contributed by atoms with Crippen LogP contribution in [0.25, 0.3) is 117 Å². The second kappa shape index (κ2) is 14.3. The van der Waals surface area contributed by atoms with Gasteiger partial charge >= 0.3 is 0 Å².